The summed E-state index contributed by atoms with van der Waals surface area (Å²) in [6.45, 7) is 4.53. The van der Waals surface area contributed by atoms with E-state index in [2.05, 4.69) is 21.2 Å². The van der Waals surface area contributed by atoms with Crippen molar-refractivity contribution in [2.24, 2.45) is 5.92 Å². The molecule has 0 unspecified atom stereocenters. The highest BCUT2D eigenvalue weighted by molar-refractivity contribution is 9.10. The SMILES string of the molecule is CC(C)CCS(=O)(=O)CCNc1ccc(Br)cc1. The van der Waals surface area contributed by atoms with Crippen molar-refractivity contribution in [3.05, 3.63) is 28.7 Å². The van der Waals surface area contributed by atoms with Crippen molar-refractivity contribution in [2.45, 2.75) is 20.3 Å². The third-order valence-electron chi connectivity index (χ3n) is 2.59. The van der Waals surface area contributed by atoms with Gasteiger partial charge in [-0.15, -0.1) is 0 Å². The van der Waals surface area contributed by atoms with E-state index in [-0.39, 0.29) is 11.5 Å². The van der Waals surface area contributed by atoms with Crippen LogP contribution in [0.25, 0.3) is 0 Å². The summed E-state index contributed by atoms with van der Waals surface area (Å²) in [5.41, 5.74) is 0.942. The first-order chi connectivity index (χ1) is 8.39. The number of anilines is 1. The zero-order valence-electron chi connectivity index (χ0n) is 10.8. The zero-order valence-corrected chi connectivity index (χ0v) is 13.2. The fourth-order valence-corrected chi connectivity index (χ4v) is 3.15. The molecule has 0 saturated carbocycles. The molecule has 5 heteroatoms. The Labute approximate surface area is 118 Å². The molecule has 0 spiro atoms. The Hall–Kier alpha value is -0.550. The number of rotatable bonds is 7. The lowest BCUT2D eigenvalue weighted by molar-refractivity contribution is 0.574. The number of sulfone groups is 1. The van der Waals surface area contributed by atoms with Crippen LogP contribution >= 0.6 is 15.9 Å². The van der Waals surface area contributed by atoms with Gasteiger partial charge in [0.15, 0.2) is 9.84 Å². The van der Waals surface area contributed by atoms with E-state index in [1.54, 1.807) is 0 Å². The average molecular weight is 334 g/mol. The lowest BCUT2D eigenvalue weighted by Gasteiger charge is -2.08. The molecule has 1 aromatic carbocycles. The largest absolute Gasteiger partial charge is 0.384 e. The van der Waals surface area contributed by atoms with Gasteiger partial charge in [0, 0.05) is 16.7 Å². The van der Waals surface area contributed by atoms with E-state index in [0.29, 0.717) is 12.5 Å². The van der Waals surface area contributed by atoms with Crippen molar-refractivity contribution >= 4 is 31.5 Å². The number of benzene rings is 1. The van der Waals surface area contributed by atoms with Crippen molar-refractivity contribution in [3.8, 4) is 0 Å². The maximum absolute atomic E-state index is 11.7. The van der Waals surface area contributed by atoms with Gasteiger partial charge < -0.3 is 5.32 Å². The predicted octanol–water partition coefficient (Wildman–Crippen LogP) is 3.32. The van der Waals surface area contributed by atoms with Crippen LogP contribution in [0.1, 0.15) is 20.3 Å². The predicted molar refractivity (Wildman–Crippen MR) is 80.7 cm³/mol. The minimum atomic E-state index is -2.93. The van der Waals surface area contributed by atoms with Crippen LogP contribution in [0.3, 0.4) is 0 Å². The van der Waals surface area contributed by atoms with Gasteiger partial charge in [0.1, 0.15) is 0 Å². The first-order valence-electron chi connectivity index (χ1n) is 6.09. The van der Waals surface area contributed by atoms with Gasteiger partial charge in [-0.3, -0.25) is 0 Å². The number of hydrogen-bond acceptors (Lipinski definition) is 3. The van der Waals surface area contributed by atoms with Crippen LogP contribution in [0.4, 0.5) is 5.69 Å². The van der Waals surface area contributed by atoms with Gasteiger partial charge in [0.25, 0.3) is 0 Å². The molecule has 1 rings (SSSR count). The second kappa shape index (κ2) is 7.14. The van der Waals surface area contributed by atoms with Gasteiger partial charge in [-0.05, 0) is 36.6 Å². The van der Waals surface area contributed by atoms with Crippen LogP contribution in [0, 0.1) is 5.92 Å². The van der Waals surface area contributed by atoms with Gasteiger partial charge >= 0.3 is 0 Å². The van der Waals surface area contributed by atoms with Gasteiger partial charge in [0.2, 0.25) is 0 Å². The molecule has 1 aromatic rings. The summed E-state index contributed by atoms with van der Waals surface area (Å²) in [5.74, 6) is 0.904. The summed E-state index contributed by atoms with van der Waals surface area (Å²) >= 11 is 3.36. The van der Waals surface area contributed by atoms with Crippen molar-refractivity contribution in [3.63, 3.8) is 0 Å². The first kappa shape index (κ1) is 15.5. The van der Waals surface area contributed by atoms with Crippen molar-refractivity contribution in [1.82, 2.24) is 0 Å². The molecule has 18 heavy (non-hydrogen) atoms. The van der Waals surface area contributed by atoms with E-state index >= 15 is 0 Å². The Morgan fingerprint density at radius 1 is 1.17 bits per heavy atom. The highest BCUT2D eigenvalue weighted by Gasteiger charge is 2.11. The van der Waals surface area contributed by atoms with Gasteiger partial charge in [-0.2, -0.15) is 0 Å². The molecule has 0 saturated heterocycles. The maximum atomic E-state index is 11.7. The Balaban J connectivity index is 2.34. The molecule has 0 aliphatic carbocycles. The molecular weight excluding hydrogens is 314 g/mol. The Morgan fingerprint density at radius 2 is 1.78 bits per heavy atom. The van der Waals surface area contributed by atoms with Gasteiger partial charge in [0.05, 0.1) is 11.5 Å². The highest BCUT2D eigenvalue weighted by atomic mass is 79.9. The topological polar surface area (TPSA) is 46.2 Å². The molecular formula is C13H20BrNO2S. The summed E-state index contributed by atoms with van der Waals surface area (Å²) in [5, 5.41) is 3.12. The molecule has 0 bridgehead atoms. The molecule has 0 fully saturated rings. The molecule has 0 amide bonds. The summed E-state index contributed by atoms with van der Waals surface area (Å²) in [4.78, 5) is 0. The molecule has 0 aliphatic rings. The summed E-state index contributed by atoms with van der Waals surface area (Å²) in [6, 6.07) is 7.70. The fraction of sp³-hybridized carbons (Fsp3) is 0.538. The molecule has 0 atom stereocenters. The first-order valence-corrected chi connectivity index (χ1v) is 8.70. The standard InChI is InChI=1S/C13H20BrNO2S/c1-11(2)7-9-18(16,17)10-8-15-13-5-3-12(14)4-6-13/h3-6,11,15H,7-10H2,1-2H3. The maximum Gasteiger partial charge on any atom is 0.152 e. The molecule has 1 N–H and O–H groups in total. The minimum Gasteiger partial charge on any atom is -0.384 e. The van der Waals surface area contributed by atoms with Crippen molar-refractivity contribution in [2.75, 3.05) is 23.4 Å². The second-order valence-corrected chi connectivity index (χ2v) is 7.99. The van der Waals surface area contributed by atoms with Crippen LogP contribution in [-0.2, 0) is 9.84 Å². The Kier molecular flexibility index (Phi) is 6.15. The smallest absolute Gasteiger partial charge is 0.152 e. The van der Waals surface area contributed by atoms with Crippen LogP contribution in [0.5, 0.6) is 0 Å². The van der Waals surface area contributed by atoms with Crippen LogP contribution in [0.15, 0.2) is 28.7 Å². The summed E-state index contributed by atoms with van der Waals surface area (Å²) in [6.07, 6.45) is 0.737. The number of halogens is 1. The quantitative estimate of drug-likeness (QED) is 0.832. The monoisotopic (exact) mass is 333 g/mol. The third kappa shape index (κ3) is 6.40. The normalized spacial score (nSPS) is 11.8. The van der Waals surface area contributed by atoms with E-state index in [1.165, 1.54) is 0 Å². The van der Waals surface area contributed by atoms with E-state index in [0.717, 1.165) is 16.6 Å². The molecule has 0 aliphatic heterocycles. The number of nitrogens with one attached hydrogen (secondary N) is 1. The highest BCUT2D eigenvalue weighted by Crippen LogP contribution is 2.13. The van der Waals surface area contributed by atoms with E-state index in [4.69, 9.17) is 0 Å². The molecule has 0 aromatic heterocycles. The van der Waals surface area contributed by atoms with Crippen molar-refractivity contribution in [1.29, 1.82) is 0 Å². The molecule has 0 radical (unpaired) electrons. The fourth-order valence-electron chi connectivity index (χ4n) is 1.44. The lowest BCUT2D eigenvalue weighted by Crippen LogP contribution is -2.19. The minimum absolute atomic E-state index is 0.190. The third-order valence-corrected chi connectivity index (χ3v) is 4.81. The lowest BCUT2D eigenvalue weighted by atomic mass is 10.2. The Morgan fingerprint density at radius 3 is 2.33 bits per heavy atom. The van der Waals surface area contributed by atoms with Crippen LogP contribution in [0.2, 0.25) is 0 Å². The van der Waals surface area contributed by atoms with Gasteiger partial charge in [-0.25, -0.2) is 8.42 Å². The Bertz CT molecular complexity index is 454. The molecule has 3 nitrogen and oxygen atoms in total. The number of hydrogen-bond donors (Lipinski definition) is 1. The van der Waals surface area contributed by atoms with Crippen LogP contribution < -0.4 is 5.32 Å². The van der Waals surface area contributed by atoms with Crippen LogP contribution in [-0.4, -0.2) is 26.5 Å². The molecule has 102 valence electrons. The summed E-state index contributed by atoms with van der Waals surface area (Å²) < 4.78 is 24.5. The average Bonchev–Trinajstić information content (AvgIpc) is 2.29. The van der Waals surface area contributed by atoms with E-state index < -0.39 is 9.84 Å². The van der Waals surface area contributed by atoms with Gasteiger partial charge in [-0.1, -0.05) is 29.8 Å². The van der Waals surface area contributed by atoms with E-state index in [9.17, 15) is 8.42 Å². The zero-order chi connectivity index (χ0) is 13.6. The van der Waals surface area contributed by atoms with Crippen molar-refractivity contribution < 1.29 is 8.42 Å². The van der Waals surface area contributed by atoms with E-state index in [1.807, 2.05) is 38.1 Å². The molecule has 0 heterocycles. The summed E-state index contributed by atoms with van der Waals surface area (Å²) in [7, 11) is -2.93. The second-order valence-electron chi connectivity index (χ2n) is 4.77.